The Morgan fingerprint density at radius 3 is 1.63 bits per heavy atom. The third kappa shape index (κ3) is 7.72. The summed E-state index contributed by atoms with van der Waals surface area (Å²) < 4.78 is 14.0. The zero-order valence-corrected chi connectivity index (χ0v) is 27.0. The second-order valence-electron chi connectivity index (χ2n) is 7.35. The van der Waals surface area contributed by atoms with Crippen LogP contribution in [0.25, 0.3) is 0 Å². The fourth-order valence-electron chi connectivity index (χ4n) is 3.81. The molecule has 1 fully saturated rings. The molecule has 0 saturated heterocycles. The van der Waals surface area contributed by atoms with Crippen LogP contribution < -0.4 is 10.6 Å². The zero-order valence-electron chi connectivity index (χ0n) is 17.6. The minimum Gasteiger partial charge on any atom is -0.388 e. The van der Waals surface area contributed by atoms with Gasteiger partial charge in [-0.05, 0) is 32.3 Å². The van der Waals surface area contributed by atoms with E-state index < -0.39 is 19.3 Å². The molecule has 0 heterocycles. The molecule has 151 valence electrons. The van der Waals surface area contributed by atoms with Crippen molar-refractivity contribution < 1.29 is 113 Å². The Labute approximate surface area is 255 Å². The molecule has 0 aromatic heterocycles. The molecule has 2 aromatic carbocycles. The number of hydrogen-bond donors (Lipinski definition) is 2. The first kappa shape index (κ1) is 31.4. The largest absolute Gasteiger partial charge is 0.388 e. The SMILES string of the molecule is CC(C)=C1C(O)CC(=CCP(=O)(c2ccccc2)c2ccccc2)CC1O.[Y].[Y].[Y]. The van der Waals surface area contributed by atoms with Crippen molar-refractivity contribution in [1.29, 1.82) is 0 Å². The first-order valence-electron chi connectivity index (χ1n) is 9.33. The smallest absolute Gasteiger partial charge is 0.146 e. The van der Waals surface area contributed by atoms with E-state index in [1.807, 2.05) is 80.6 Å². The number of aliphatic hydroxyl groups is 2. The average Bonchev–Trinajstić information content (AvgIpc) is 2.66. The maximum Gasteiger partial charge on any atom is 0.146 e. The Morgan fingerprint density at radius 2 is 1.27 bits per heavy atom. The Kier molecular flexibility index (Phi) is 15.3. The predicted molar refractivity (Wildman–Crippen MR) is 112 cm³/mol. The molecule has 2 unspecified atom stereocenters. The van der Waals surface area contributed by atoms with E-state index in [0.29, 0.717) is 19.0 Å². The van der Waals surface area contributed by atoms with Crippen LogP contribution in [-0.2, 0) is 103 Å². The van der Waals surface area contributed by atoms with Gasteiger partial charge in [0.25, 0.3) is 0 Å². The van der Waals surface area contributed by atoms with Gasteiger partial charge >= 0.3 is 0 Å². The Morgan fingerprint density at radius 1 is 0.867 bits per heavy atom. The molecule has 30 heavy (non-hydrogen) atoms. The van der Waals surface area contributed by atoms with Gasteiger partial charge < -0.3 is 14.8 Å². The molecular formula is C23H27O3PY3. The van der Waals surface area contributed by atoms with Crippen LogP contribution in [0.5, 0.6) is 0 Å². The van der Waals surface area contributed by atoms with Crippen LogP contribution in [0.1, 0.15) is 26.7 Å². The first-order valence-corrected chi connectivity index (χ1v) is 11.2. The first-order chi connectivity index (χ1) is 12.9. The summed E-state index contributed by atoms with van der Waals surface area (Å²) in [7, 11) is -2.82. The number of aliphatic hydroxyl groups excluding tert-OH is 2. The van der Waals surface area contributed by atoms with Crippen LogP contribution in [0, 0.1) is 0 Å². The van der Waals surface area contributed by atoms with Gasteiger partial charge in [-0.2, -0.15) is 0 Å². The van der Waals surface area contributed by atoms with Crippen molar-refractivity contribution in [2.75, 3.05) is 6.16 Å². The number of rotatable bonds is 4. The summed E-state index contributed by atoms with van der Waals surface area (Å²) in [5.74, 6) is 0. The molecule has 0 amide bonds. The van der Waals surface area contributed by atoms with Crippen LogP contribution in [0.2, 0.25) is 0 Å². The number of allylic oxidation sites excluding steroid dienone is 2. The summed E-state index contributed by atoms with van der Waals surface area (Å²) in [6.45, 7) is 3.82. The number of benzene rings is 2. The van der Waals surface area contributed by atoms with Gasteiger partial charge in [-0.15, -0.1) is 0 Å². The Balaban J connectivity index is 0.00000280. The number of hydrogen-bond acceptors (Lipinski definition) is 3. The van der Waals surface area contributed by atoms with Crippen molar-refractivity contribution in [3.05, 3.63) is 83.5 Å². The van der Waals surface area contributed by atoms with Gasteiger partial charge in [0.2, 0.25) is 0 Å². The van der Waals surface area contributed by atoms with Gasteiger partial charge in [0.05, 0.1) is 12.2 Å². The molecule has 2 N–H and O–H groups in total. The van der Waals surface area contributed by atoms with E-state index in [-0.39, 0.29) is 98.1 Å². The van der Waals surface area contributed by atoms with Crippen LogP contribution >= 0.6 is 7.14 Å². The summed E-state index contributed by atoms with van der Waals surface area (Å²) >= 11 is 0. The van der Waals surface area contributed by atoms with E-state index in [4.69, 9.17) is 0 Å². The molecule has 1 aliphatic rings. The van der Waals surface area contributed by atoms with E-state index in [2.05, 4.69) is 0 Å². The van der Waals surface area contributed by atoms with E-state index in [9.17, 15) is 14.8 Å². The van der Waals surface area contributed by atoms with Gasteiger partial charge in [0, 0.05) is 115 Å². The maximum absolute atomic E-state index is 14.0. The van der Waals surface area contributed by atoms with Crippen molar-refractivity contribution >= 4 is 17.8 Å². The van der Waals surface area contributed by atoms with Crippen LogP contribution in [0.3, 0.4) is 0 Å². The summed E-state index contributed by atoms with van der Waals surface area (Å²) in [6.07, 6.45) is 1.99. The molecule has 3 rings (SSSR count). The molecular weight excluding hydrogens is 622 g/mol. The summed E-state index contributed by atoms with van der Waals surface area (Å²) in [4.78, 5) is 0. The topological polar surface area (TPSA) is 57.5 Å². The average molecular weight is 649 g/mol. The molecule has 2 aromatic rings. The maximum atomic E-state index is 14.0. The second-order valence-corrected chi connectivity index (χ2v) is 10.2. The van der Waals surface area contributed by atoms with Gasteiger partial charge in [-0.3, -0.25) is 0 Å². The van der Waals surface area contributed by atoms with Crippen LogP contribution in [0.4, 0.5) is 0 Å². The Hall–Kier alpha value is 1.38. The van der Waals surface area contributed by atoms with Gasteiger partial charge in [0.1, 0.15) is 7.14 Å². The quantitative estimate of drug-likeness (QED) is 0.392. The van der Waals surface area contributed by atoms with Crippen LogP contribution in [0.15, 0.2) is 83.5 Å². The minimum atomic E-state index is -2.82. The normalized spacial score (nSPS) is 18.4. The fraction of sp³-hybridized carbons (Fsp3) is 0.304. The van der Waals surface area contributed by atoms with E-state index in [1.165, 1.54) is 0 Å². The van der Waals surface area contributed by atoms with Crippen LogP contribution in [-0.4, -0.2) is 28.6 Å². The van der Waals surface area contributed by atoms with Gasteiger partial charge in [0.15, 0.2) is 0 Å². The van der Waals surface area contributed by atoms with Crippen molar-refractivity contribution in [3.8, 4) is 0 Å². The van der Waals surface area contributed by atoms with Gasteiger partial charge in [-0.25, -0.2) is 0 Å². The summed E-state index contributed by atoms with van der Waals surface area (Å²) in [5.41, 5.74) is 2.65. The summed E-state index contributed by atoms with van der Waals surface area (Å²) in [5, 5.41) is 22.5. The molecule has 7 heteroatoms. The van der Waals surface area contributed by atoms with Gasteiger partial charge in [-0.1, -0.05) is 77.9 Å². The predicted octanol–water partition coefficient (Wildman–Crippen LogP) is 3.77. The fourth-order valence-corrected chi connectivity index (χ4v) is 6.35. The van der Waals surface area contributed by atoms with Crippen molar-refractivity contribution in [2.24, 2.45) is 0 Å². The molecule has 0 bridgehead atoms. The molecule has 0 spiro atoms. The Bertz CT molecular complexity index is 835. The van der Waals surface area contributed by atoms with E-state index in [0.717, 1.165) is 27.3 Å². The second kappa shape index (κ2) is 14.6. The monoisotopic (exact) mass is 649 g/mol. The molecule has 1 aliphatic carbocycles. The molecule has 0 aliphatic heterocycles. The summed E-state index contributed by atoms with van der Waals surface area (Å²) in [6, 6.07) is 19.1. The van der Waals surface area contributed by atoms with E-state index >= 15 is 0 Å². The van der Waals surface area contributed by atoms with Crippen molar-refractivity contribution in [3.63, 3.8) is 0 Å². The van der Waals surface area contributed by atoms with Crippen molar-refractivity contribution in [2.45, 2.75) is 38.9 Å². The zero-order chi connectivity index (χ0) is 19.4. The third-order valence-electron chi connectivity index (χ3n) is 5.19. The molecule has 3 nitrogen and oxygen atoms in total. The molecule has 1 saturated carbocycles. The molecule has 2 atom stereocenters. The van der Waals surface area contributed by atoms with E-state index in [1.54, 1.807) is 0 Å². The standard InChI is InChI=1S/C23H27O3P.3Y/c1-17(2)23-21(24)15-18(16-22(23)25)13-14-27(26,19-9-5-3-6-10-19)20-11-7-4-8-12-20;;;/h3-13,21-22,24-25H,14-16H2,1-2H3;;;. The van der Waals surface area contributed by atoms with Crippen molar-refractivity contribution in [1.82, 2.24) is 0 Å². The molecule has 3 radical (unpaired) electrons. The third-order valence-corrected chi connectivity index (χ3v) is 8.15. The minimum absolute atomic E-state index is 0.